The molecular weight excluding hydrogens is 364 g/mol. The highest BCUT2D eigenvalue weighted by atomic mass is 32.2. The van der Waals surface area contributed by atoms with Crippen molar-refractivity contribution in [3.63, 3.8) is 0 Å². The minimum Gasteiger partial charge on any atom is -0.362 e. The lowest BCUT2D eigenvalue weighted by atomic mass is 10.2. The molecule has 2 nitrogen and oxygen atoms in total. The van der Waals surface area contributed by atoms with Gasteiger partial charge in [-0.2, -0.15) is 11.8 Å². The van der Waals surface area contributed by atoms with Gasteiger partial charge in [0.15, 0.2) is 5.11 Å². The molecule has 0 saturated carbocycles. The zero-order valence-corrected chi connectivity index (χ0v) is 17.5. The second-order valence-electron chi connectivity index (χ2n) is 6.64. The molecule has 0 spiro atoms. The molecule has 0 radical (unpaired) electrons. The normalized spacial score (nSPS) is 11.2. The summed E-state index contributed by atoms with van der Waals surface area (Å²) >= 11 is 9.14. The number of benzene rings is 2. The molecule has 0 aliphatic rings. The second kappa shape index (κ2) is 10.1. The van der Waals surface area contributed by atoms with Crippen molar-refractivity contribution in [3.8, 4) is 0 Å². The number of hydrogen-bond donors (Lipinski definition) is 2. The van der Waals surface area contributed by atoms with Crippen molar-refractivity contribution in [1.82, 2.24) is 5.32 Å². The van der Waals surface area contributed by atoms with Crippen molar-refractivity contribution in [2.24, 2.45) is 0 Å². The molecule has 0 bridgehead atoms. The van der Waals surface area contributed by atoms with Gasteiger partial charge in [0.25, 0.3) is 0 Å². The molecule has 2 aromatic rings. The summed E-state index contributed by atoms with van der Waals surface area (Å²) in [7, 11) is 0. The van der Waals surface area contributed by atoms with Crippen LogP contribution in [0.2, 0.25) is 0 Å². The van der Waals surface area contributed by atoms with Crippen LogP contribution in [0, 0.1) is 0 Å². The predicted molar refractivity (Wildman–Crippen MR) is 119 cm³/mol. The molecule has 134 valence electrons. The molecule has 25 heavy (non-hydrogen) atoms. The first-order valence-electron chi connectivity index (χ1n) is 8.38. The van der Waals surface area contributed by atoms with Gasteiger partial charge in [-0.15, -0.1) is 11.8 Å². The van der Waals surface area contributed by atoms with E-state index in [4.69, 9.17) is 12.2 Å². The quantitative estimate of drug-likeness (QED) is 0.354. The van der Waals surface area contributed by atoms with Gasteiger partial charge in [0, 0.05) is 33.4 Å². The Morgan fingerprint density at radius 3 is 2.32 bits per heavy atom. The van der Waals surface area contributed by atoms with E-state index in [9.17, 15) is 0 Å². The Hall–Kier alpha value is -1.17. The first-order chi connectivity index (χ1) is 11.9. The van der Waals surface area contributed by atoms with Crippen LogP contribution in [0.5, 0.6) is 0 Å². The lowest BCUT2D eigenvalue weighted by Gasteiger charge is -2.18. The third-order valence-electron chi connectivity index (χ3n) is 3.28. The minimum absolute atomic E-state index is 0.296. The van der Waals surface area contributed by atoms with Gasteiger partial charge in [0.05, 0.1) is 0 Å². The van der Waals surface area contributed by atoms with Gasteiger partial charge < -0.3 is 10.6 Å². The Bertz CT molecular complexity index is 649. The van der Waals surface area contributed by atoms with Crippen LogP contribution in [0.25, 0.3) is 0 Å². The van der Waals surface area contributed by atoms with Gasteiger partial charge in [-0.1, -0.05) is 51.1 Å². The van der Waals surface area contributed by atoms with E-state index in [2.05, 4.69) is 79.9 Å². The Morgan fingerprint density at radius 2 is 1.68 bits per heavy atom. The zero-order valence-electron chi connectivity index (χ0n) is 15.0. The van der Waals surface area contributed by atoms with Crippen LogP contribution in [0.15, 0.2) is 59.5 Å². The average Bonchev–Trinajstić information content (AvgIpc) is 2.58. The smallest absolute Gasteiger partial charge is 0.170 e. The molecule has 2 N–H and O–H groups in total. The number of anilines is 1. The molecule has 0 unspecified atom stereocenters. The Labute approximate surface area is 165 Å². The number of thioether (sulfide) groups is 2. The topological polar surface area (TPSA) is 24.1 Å². The van der Waals surface area contributed by atoms with E-state index in [0.717, 1.165) is 23.7 Å². The van der Waals surface area contributed by atoms with Crippen LogP contribution in [0.3, 0.4) is 0 Å². The summed E-state index contributed by atoms with van der Waals surface area (Å²) in [4.78, 5) is 1.29. The highest BCUT2D eigenvalue weighted by Gasteiger charge is 2.09. The van der Waals surface area contributed by atoms with Crippen molar-refractivity contribution >= 4 is 46.5 Å². The highest BCUT2D eigenvalue weighted by Crippen LogP contribution is 2.23. The summed E-state index contributed by atoms with van der Waals surface area (Å²) in [5.41, 5.74) is 2.33. The first-order valence-corrected chi connectivity index (χ1v) is 10.8. The van der Waals surface area contributed by atoms with Crippen molar-refractivity contribution in [3.05, 3.63) is 60.2 Å². The van der Waals surface area contributed by atoms with Crippen molar-refractivity contribution in [1.29, 1.82) is 0 Å². The number of hydrogen-bond acceptors (Lipinski definition) is 3. The maximum atomic E-state index is 5.36. The maximum absolute atomic E-state index is 5.36. The van der Waals surface area contributed by atoms with Gasteiger partial charge >= 0.3 is 0 Å². The van der Waals surface area contributed by atoms with E-state index in [-0.39, 0.29) is 0 Å². The van der Waals surface area contributed by atoms with Crippen molar-refractivity contribution in [2.75, 3.05) is 17.6 Å². The van der Waals surface area contributed by atoms with Crippen LogP contribution in [-0.2, 0) is 5.75 Å². The lowest BCUT2D eigenvalue weighted by molar-refractivity contribution is 0.800. The van der Waals surface area contributed by atoms with E-state index in [1.165, 1.54) is 10.5 Å². The van der Waals surface area contributed by atoms with E-state index in [1.807, 2.05) is 29.6 Å². The fourth-order valence-corrected chi connectivity index (χ4v) is 3.98. The fraction of sp³-hybridized carbons (Fsp3) is 0.350. The van der Waals surface area contributed by atoms with E-state index < -0.39 is 0 Å². The van der Waals surface area contributed by atoms with Gasteiger partial charge in [0.1, 0.15) is 0 Å². The number of thiocarbonyl (C=S) groups is 1. The molecule has 0 saturated heterocycles. The van der Waals surface area contributed by atoms with E-state index in [1.54, 1.807) is 0 Å². The van der Waals surface area contributed by atoms with Crippen LogP contribution in [0.4, 0.5) is 5.69 Å². The summed E-state index contributed by atoms with van der Waals surface area (Å²) in [5, 5.41) is 7.19. The summed E-state index contributed by atoms with van der Waals surface area (Å²) in [6, 6.07) is 18.9. The molecule has 0 fully saturated rings. The third kappa shape index (κ3) is 8.66. The molecule has 0 aliphatic heterocycles. The maximum Gasteiger partial charge on any atom is 0.170 e. The van der Waals surface area contributed by atoms with Gasteiger partial charge in [-0.05, 0) is 42.0 Å². The SMILES string of the molecule is CC(C)(C)SCCNC(=S)Nc1ccc(CSc2ccccc2)cc1. The van der Waals surface area contributed by atoms with Crippen LogP contribution in [-0.4, -0.2) is 22.2 Å². The molecular formula is C20H26N2S3. The van der Waals surface area contributed by atoms with Crippen LogP contribution >= 0.6 is 35.7 Å². The van der Waals surface area contributed by atoms with Gasteiger partial charge in [0.2, 0.25) is 0 Å². The number of rotatable bonds is 7. The summed E-state index contributed by atoms with van der Waals surface area (Å²) in [6.07, 6.45) is 0. The Kier molecular flexibility index (Phi) is 8.13. The standard InChI is InChI=1S/C20H26N2S3/c1-20(2,3)25-14-13-21-19(23)22-17-11-9-16(10-12-17)15-24-18-7-5-4-6-8-18/h4-12H,13-15H2,1-3H3,(H2,21,22,23). The molecule has 2 rings (SSSR count). The zero-order chi connectivity index (χ0) is 18.1. The summed E-state index contributed by atoms with van der Waals surface area (Å²) in [5.74, 6) is 2.01. The fourth-order valence-electron chi connectivity index (χ4n) is 2.06. The van der Waals surface area contributed by atoms with Crippen LogP contribution in [0.1, 0.15) is 26.3 Å². The average molecular weight is 391 g/mol. The first kappa shape index (κ1) is 20.1. The monoisotopic (exact) mass is 390 g/mol. The van der Waals surface area contributed by atoms with Crippen molar-refractivity contribution < 1.29 is 0 Å². The molecule has 2 aromatic carbocycles. The number of nitrogens with one attached hydrogen (secondary N) is 2. The van der Waals surface area contributed by atoms with E-state index >= 15 is 0 Å². The summed E-state index contributed by atoms with van der Waals surface area (Å²) < 4.78 is 0.296. The van der Waals surface area contributed by atoms with Gasteiger partial charge in [-0.3, -0.25) is 0 Å². The van der Waals surface area contributed by atoms with Crippen LogP contribution < -0.4 is 10.6 Å². The molecule has 0 amide bonds. The minimum atomic E-state index is 0.296. The molecule has 0 atom stereocenters. The molecule has 5 heteroatoms. The largest absolute Gasteiger partial charge is 0.362 e. The molecule has 0 heterocycles. The van der Waals surface area contributed by atoms with Crippen molar-refractivity contribution in [2.45, 2.75) is 36.2 Å². The third-order valence-corrected chi connectivity index (χ3v) is 5.89. The predicted octanol–water partition coefficient (Wildman–Crippen LogP) is 5.80. The van der Waals surface area contributed by atoms with Gasteiger partial charge in [-0.25, -0.2) is 0 Å². The summed E-state index contributed by atoms with van der Waals surface area (Å²) in [6.45, 7) is 7.56. The second-order valence-corrected chi connectivity index (χ2v) is 10.0. The Balaban J connectivity index is 1.71. The lowest BCUT2D eigenvalue weighted by Crippen LogP contribution is -2.30. The Morgan fingerprint density at radius 1 is 1.00 bits per heavy atom. The van der Waals surface area contributed by atoms with E-state index in [0.29, 0.717) is 9.86 Å². The molecule has 0 aliphatic carbocycles. The molecule has 0 aromatic heterocycles. The highest BCUT2D eigenvalue weighted by molar-refractivity contribution is 8.00.